The van der Waals surface area contributed by atoms with Gasteiger partial charge in [0.25, 0.3) is 5.56 Å². The zero-order chi connectivity index (χ0) is 16.8. The van der Waals surface area contributed by atoms with Crippen LogP contribution in [0.25, 0.3) is 0 Å². The van der Waals surface area contributed by atoms with Gasteiger partial charge >= 0.3 is 0 Å². The maximum absolute atomic E-state index is 12.0. The van der Waals surface area contributed by atoms with Gasteiger partial charge < -0.3 is 4.98 Å². The number of anilines is 1. The molecule has 7 nitrogen and oxygen atoms in total. The molecule has 2 aromatic heterocycles. The van der Waals surface area contributed by atoms with Gasteiger partial charge in [0.2, 0.25) is 11.9 Å². The van der Waals surface area contributed by atoms with Crippen molar-refractivity contribution in [3.8, 4) is 0 Å². The summed E-state index contributed by atoms with van der Waals surface area (Å²) >= 11 is 1.18. The van der Waals surface area contributed by atoms with Crippen LogP contribution in [0.5, 0.6) is 0 Å². The second-order valence-electron chi connectivity index (χ2n) is 5.10. The molecule has 0 aromatic carbocycles. The third-order valence-corrected chi connectivity index (χ3v) is 3.73. The summed E-state index contributed by atoms with van der Waals surface area (Å²) in [7, 11) is 0. The molecule has 8 heteroatoms. The number of thioether (sulfide) groups is 1. The molecule has 0 fully saturated rings. The maximum Gasteiger partial charge on any atom is 0.251 e. The highest BCUT2D eigenvalue weighted by atomic mass is 32.2. The first kappa shape index (κ1) is 17.1. The van der Waals surface area contributed by atoms with E-state index in [1.54, 1.807) is 0 Å². The lowest BCUT2D eigenvalue weighted by Gasteiger charge is -2.06. The summed E-state index contributed by atoms with van der Waals surface area (Å²) < 4.78 is 0. The van der Waals surface area contributed by atoms with E-state index >= 15 is 0 Å². The number of H-pyrrole nitrogens is 1. The topological polar surface area (TPSA) is 101 Å². The van der Waals surface area contributed by atoms with Crippen molar-refractivity contribution in [2.75, 3.05) is 11.1 Å². The number of nitrogens with zero attached hydrogens (tertiary/aromatic N) is 3. The highest BCUT2D eigenvalue weighted by Crippen LogP contribution is 2.12. The van der Waals surface area contributed by atoms with E-state index in [0.717, 1.165) is 29.9 Å². The highest BCUT2D eigenvalue weighted by Gasteiger charge is 2.09. The van der Waals surface area contributed by atoms with Crippen molar-refractivity contribution in [2.24, 2.45) is 0 Å². The molecule has 0 aliphatic carbocycles. The van der Waals surface area contributed by atoms with Crippen LogP contribution in [0.4, 0.5) is 5.95 Å². The summed E-state index contributed by atoms with van der Waals surface area (Å²) in [6.45, 7) is 5.70. The van der Waals surface area contributed by atoms with E-state index in [2.05, 4.69) is 25.3 Å². The number of hydrogen-bond donors (Lipinski definition) is 2. The summed E-state index contributed by atoms with van der Waals surface area (Å²) in [5, 5.41) is 3.09. The molecule has 0 aliphatic rings. The Balaban J connectivity index is 1.97. The van der Waals surface area contributed by atoms with Crippen LogP contribution in [-0.2, 0) is 11.2 Å². The molecule has 2 heterocycles. The lowest BCUT2D eigenvalue weighted by molar-refractivity contribution is -0.113. The molecule has 0 radical (unpaired) electrons. The van der Waals surface area contributed by atoms with Gasteiger partial charge in [0.15, 0.2) is 5.16 Å². The van der Waals surface area contributed by atoms with E-state index in [4.69, 9.17) is 0 Å². The van der Waals surface area contributed by atoms with Crippen LogP contribution in [-0.4, -0.2) is 31.6 Å². The standard InChI is InChI=1S/C15H19N5O2S/c1-4-5-11-7-12(21)20-15(18-11)23-8-13(22)19-14-16-9(2)6-10(3)17-14/h6-7H,4-5,8H2,1-3H3,(H,18,20,21)(H,16,17,19,22). The molecule has 2 aromatic rings. The van der Waals surface area contributed by atoms with Crippen molar-refractivity contribution in [1.82, 2.24) is 19.9 Å². The fourth-order valence-corrected chi connectivity index (χ4v) is 2.71. The molecule has 2 N–H and O–H groups in total. The molecule has 23 heavy (non-hydrogen) atoms. The number of amides is 1. The second-order valence-corrected chi connectivity index (χ2v) is 6.07. The Morgan fingerprint density at radius 2 is 1.91 bits per heavy atom. The van der Waals surface area contributed by atoms with Crippen molar-refractivity contribution in [2.45, 2.75) is 38.8 Å². The van der Waals surface area contributed by atoms with Gasteiger partial charge in [-0.1, -0.05) is 25.1 Å². The van der Waals surface area contributed by atoms with E-state index in [0.29, 0.717) is 5.16 Å². The third kappa shape index (κ3) is 5.48. The zero-order valence-corrected chi connectivity index (χ0v) is 14.2. The summed E-state index contributed by atoms with van der Waals surface area (Å²) in [6, 6.07) is 3.31. The Hall–Kier alpha value is -2.22. The minimum Gasteiger partial charge on any atom is -0.301 e. The molecule has 122 valence electrons. The average molecular weight is 333 g/mol. The molecule has 0 aliphatic heterocycles. The van der Waals surface area contributed by atoms with Gasteiger partial charge in [0.1, 0.15) is 0 Å². The monoisotopic (exact) mass is 333 g/mol. The molecule has 0 saturated heterocycles. The van der Waals surface area contributed by atoms with E-state index in [9.17, 15) is 9.59 Å². The van der Waals surface area contributed by atoms with Crippen LogP contribution in [0.3, 0.4) is 0 Å². The van der Waals surface area contributed by atoms with E-state index in [-0.39, 0.29) is 23.2 Å². The van der Waals surface area contributed by atoms with E-state index < -0.39 is 0 Å². The van der Waals surface area contributed by atoms with Crippen molar-refractivity contribution in [1.29, 1.82) is 0 Å². The van der Waals surface area contributed by atoms with Gasteiger partial charge in [-0.15, -0.1) is 0 Å². The lowest BCUT2D eigenvalue weighted by atomic mass is 10.2. The molecule has 0 unspecified atom stereocenters. The number of aromatic amines is 1. The Bertz CT molecular complexity index is 740. The predicted octanol–water partition coefficient (Wildman–Crippen LogP) is 1.86. The normalized spacial score (nSPS) is 10.6. The summed E-state index contributed by atoms with van der Waals surface area (Å²) in [5.74, 6) is 0.160. The van der Waals surface area contributed by atoms with Crippen molar-refractivity contribution in [3.05, 3.63) is 39.6 Å². The van der Waals surface area contributed by atoms with Crippen LogP contribution in [0.2, 0.25) is 0 Å². The number of rotatable bonds is 6. The molecule has 0 saturated carbocycles. The molecule has 0 bridgehead atoms. The van der Waals surface area contributed by atoms with Gasteiger partial charge in [-0.2, -0.15) is 0 Å². The van der Waals surface area contributed by atoms with Crippen LogP contribution < -0.4 is 10.9 Å². The number of nitrogens with one attached hydrogen (secondary N) is 2. The van der Waals surface area contributed by atoms with Crippen LogP contribution in [0.15, 0.2) is 22.1 Å². The molecular formula is C15H19N5O2S. The van der Waals surface area contributed by atoms with Gasteiger partial charge in [-0.3, -0.25) is 14.9 Å². The number of hydrogen-bond acceptors (Lipinski definition) is 6. The van der Waals surface area contributed by atoms with Gasteiger partial charge in [0.05, 0.1) is 5.75 Å². The Morgan fingerprint density at radius 1 is 1.22 bits per heavy atom. The summed E-state index contributed by atoms with van der Waals surface area (Å²) in [5.41, 5.74) is 2.11. The first-order chi connectivity index (χ1) is 11.0. The van der Waals surface area contributed by atoms with Crippen molar-refractivity contribution in [3.63, 3.8) is 0 Å². The lowest BCUT2D eigenvalue weighted by Crippen LogP contribution is -2.18. The quantitative estimate of drug-likeness (QED) is 0.618. The van der Waals surface area contributed by atoms with E-state index in [1.165, 1.54) is 17.8 Å². The molecular weight excluding hydrogens is 314 g/mol. The SMILES string of the molecule is CCCc1cc(=O)[nH]c(SCC(=O)Nc2nc(C)cc(C)n2)n1. The molecule has 0 spiro atoms. The van der Waals surface area contributed by atoms with Gasteiger partial charge in [-0.25, -0.2) is 15.0 Å². The van der Waals surface area contributed by atoms with Crippen molar-refractivity contribution < 1.29 is 4.79 Å². The van der Waals surface area contributed by atoms with Crippen LogP contribution in [0.1, 0.15) is 30.4 Å². The van der Waals surface area contributed by atoms with Gasteiger partial charge in [0, 0.05) is 23.1 Å². The Morgan fingerprint density at radius 3 is 2.57 bits per heavy atom. The first-order valence-electron chi connectivity index (χ1n) is 7.31. The fraction of sp³-hybridized carbons (Fsp3) is 0.400. The summed E-state index contributed by atoms with van der Waals surface area (Å²) in [6.07, 6.45) is 1.64. The number of aryl methyl sites for hydroxylation is 3. The minimum atomic E-state index is -0.247. The number of aromatic nitrogens is 4. The summed E-state index contributed by atoms with van der Waals surface area (Å²) in [4.78, 5) is 38.8. The fourth-order valence-electron chi connectivity index (χ4n) is 2.01. The Kier molecular flexibility index (Phi) is 5.86. The molecule has 1 amide bonds. The Labute approximate surface area is 138 Å². The molecule has 2 rings (SSSR count). The molecule has 0 atom stereocenters. The first-order valence-corrected chi connectivity index (χ1v) is 8.30. The number of carbonyl (C=O) groups is 1. The largest absolute Gasteiger partial charge is 0.301 e. The van der Waals surface area contributed by atoms with Gasteiger partial charge in [-0.05, 0) is 26.3 Å². The smallest absolute Gasteiger partial charge is 0.251 e. The predicted molar refractivity (Wildman–Crippen MR) is 89.7 cm³/mol. The average Bonchev–Trinajstić information content (AvgIpc) is 2.44. The zero-order valence-electron chi connectivity index (χ0n) is 13.3. The highest BCUT2D eigenvalue weighted by molar-refractivity contribution is 7.99. The van der Waals surface area contributed by atoms with Crippen LogP contribution >= 0.6 is 11.8 Å². The third-order valence-electron chi connectivity index (χ3n) is 2.85. The second kappa shape index (κ2) is 7.87. The number of carbonyl (C=O) groups excluding carboxylic acids is 1. The van der Waals surface area contributed by atoms with E-state index in [1.807, 2.05) is 26.8 Å². The van der Waals surface area contributed by atoms with Crippen LogP contribution in [0, 0.1) is 13.8 Å². The van der Waals surface area contributed by atoms with Crippen molar-refractivity contribution >= 4 is 23.6 Å². The minimum absolute atomic E-state index is 0.120. The maximum atomic E-state index is 12.0.